The lowest BCUT2D eigenvalue weighted by Gasteiger charge is -2.12. The van der Waals surface area contributed by atoms with Gasteiger partial charge >= 0.3 is 0 Å². The molecule has 1 aliphatic rings. The summed E-state index contributed by atoms with van der Waals surface area (Å²) in [5.41, 5.74) is 2.27. The van der Waals surface area contributed by atoms with Crippen LogP contribution in [0.3, 0.4) is 0 Å². The van der Waals surface area contributed by atoms with Gasteiger partial charge in [0.05, 0.1) is 6.10 Å². The summed E-state index contributed by atoms with van der Waals surface area (Å²) < 4.78 is 10.9. The summed E-state index contributed by atoms with van der Waals surface area (Å²) in [7, 11) is 0. The lowest BCUT2D eigenvalue weighted by molar-refractivity contribution is -0.123. The van der Waals surface area contributed by atoms with Gasteiger partial charge < -0.3 is 14.8 Å². The molecule has 0 spiro atoms. The van der Waals surface area contributed by atoms with Gasteiger partial charge in [-0.1, -0.05) is 6.07 Å². The van der Waals surface area contributed by atoms with Gasteiger partial charge in [0.2, 0.25) is 0 Å². The molecule has 19 heavy (non-hydrogen) atoms. The largest absolute Gasteiger partial charge is 0.484 e. The number of ether oxygens (including phenoxy) is 2. The molecule has 0 aromatic heterocycles. The molecule has 2 rings (SSSR count). The van der Waals surface area contributed by atoms with Crippen molar-refractivity contribution in [3.05, 3.63) is 29.3 Å². The summed E-state index contributed by atoms with van der Waals surface area (Å²) in [6, 6.07) is 5.94. The van der Waals surface area contributed by atoms with Gasteiger partial charge in [0, 0.05) is 13.2 Å². The Balaban J connectivity index is 1.73. The van der Waals surface area contributed by atoms with Gasteiger partial charge in [-0.2, -0.15) is 0 Å². The van der Waals surface area contributed by atoms with Crippen LogP contribution in [0.1, 0.15) is 24.0 Å². The molecule has 0 unspecified atom stereocenters. The highest BCUT2D eigenvalue weighted by molar-refractivity contribution is 5.77. The Labute approximate surface area is 114 Å². The third-order valence-corrected chi connectivity index (χ3v) is 3.12. The second-order valence-corrected chi connectivity index (χ2v) is 5.05. The number of hydrogen-bond acceptors (Lipinski definition) is 3. The van der Waals surface area contributed by atoms with Gasteiger partial charge in [-0.15, -0.1) is 0 Å². The van der Waals surface area contributed by atoms with E-state index in [1.54, 1.807) is 0 Å². The van der Waals surface area contributed by atoms with Crippen LogP contribution < -0.4 is 10.1 Å². The highest BCUT2D eigenvalue weighted by Gasteiger charge is 2.16. The van der Waals surface area contributed by atoms with Crippen molar-refractivity contribution in [2.24, 2.45) is 0 Å². The highest BCUT2D eigenvalue weighted by Crippen LogP contribution is 2.16. The fourth-order valence-electron chi connectivity index (χ4n) is 2.25. The summed E-state index contributed by atoms with van der Waals surface area (Å²) in [6.45, 7) is 5.46. The maximum Gasteiger partial charge on any atom is 0.258 e. The third-order valence-electron chi connectivity index (χ3n) is 3.12. The maximum atomic E-state index is 11.7. The van der Waals surface area contributed by atoms with Crippen molar-refractivity contribution < 1.29 is 14.3 Å². The minimum atomic E-state index is -0.102. The standard InChI is InChI=1S/C15H21NO3/c1-11-6-12(2)8-14(7-11)19-10-15(17)16-9-13-4-3-5-18-13/h6-8,13H,3-5,9-10H2,1-2H3,(H,16,17)/t13-/m1/s1. The molecule has 1 aromatic rings. The first kappa shape index (κ1) is 13.9. The van der Waals surface area contributed by atoms with Crippen molar-refractivity contribution in [1.82, 2.24) is 5.32 Å². The van der Waals surface area contributed by atoms with Gasteiger partial charge in [0.1, 0.15) is 5.75 Å². The van der Waals surface area contributed by atoms with E-state index < -0.39 is 0 Å². The molecule has 0 bridgehead atoms. The molecular weight excluding hydrogens is 242 g/mol. The molecule has 0 radical (unpaired) electrons. The van der Waals surface area contributed by atoms with E-state index in [1.165, 1.54) is 0 Å². The van der Waals surface area contributed by atoms with Crippen molar-refractivity contribution in [3.63, 3.8) is 0 Å². The second-order valence-electron chi connectivity index (χ2n) is 5.05. The van der Waals surface area contributed by atoms with E-state index in [9.17, 15) is 4.79 Å². The summed E-state index contributed by atoms with van der Waals surface area (Å²) in [4.78, 5) is 11.7. The number of carbonyl (C=O) groups is 1. The number of benzene rings is 1. The van der Waals surface area contributed by atoms with E-state index >= 15 is 0 Å². The van der Waals surface area contributed by atoms with Crippen LogP contribution in [0.2, 0.25) is 0 Å². The smallest absolute Gasteiger partial charge is 0.258 e. The first-order valence-electron chi connectivity index (χ1n) is 6.73. The number of carbonyl (C=O) groups excluding carboxylic acids is 1. The summed E-state index contributed by atoms with van der Waals surface area (Å²) in [5.74, 6) is 0.638. The molecule has 0 saturated carbocycles. The third kappa shape index (κ3) is 4.56. The molecule has 1 heterocycles. The summed E-state index contributed by atoms with van der Waals surface area (Å²) in [5, 5.41) is 2.84. The molecule has 1 fully saturated rings. The molecule has 1 atom stereocenters. The number of aryl methyl sites for hydroxylation is 2. The molecule has 0 aliphatic carbocycles. The van der Waals surface area contributed by atoms with Crippen molar-refractivity contribution in [3.8, 4) is 5.75 Å². The van der Waals surface area contributed by atoms with Gasteiger partial charge in [0.25, 0.3) is 5.91 Å². The van der Waals surface area contributed by atoms with E-state index in [-0.39, 0.29) is 18.6 Å². The lowest BCUT2D eigenvalue weighted by atomic mass is 10.1. The summed E-state index contributed by atoms with van der Waals surface area (Å²) in [6.07, 6.45) is 2.28. The van der Waals surface area contributed by atoms with Crippen molar-refractivity contribution >= 4 is 5.91 Å². The quantitative estimate of drug-likeness (QED) is 0.883. The molecule has 1 aromatic carbocycles. The van der Waals surface area contributed by atoms with Crippen LogP contribution in [-0.4, -0.2) is 31.8 Å². The number of nitrogens with one attached hydrogen (secondary N) is 1. The average molecular weight is 263 g/mol. The van der Waals surface area contributed by atoms with Gasteiger partial charge in [-0.3, -0.25) is 4.79 Å². The normalized spacial score (nSPS) is 18.3. The van der Waals surface area contributed by atoms with E-state index in [0.717, 1.165) is 36.3 Å². The molecule has 1 aliphatic heterocycles. The van der Waals surface area contributed by atoms with Crippen LogP contribution in [0.25, 0.3) is 0 Å². The molecule has 4 heteroatoms. The Morgan fingerprint density at radius 3 is 2.74 bits per heavy atom. The van der Waals surface area contributed by atoms with Crippen molar-refractivity contribution in [2.75, 3.05) is 19.8 Å². The lowest BCUT2D eigenvalue weighted by Crippen LogP contribution is -2.35. The zero-order valence-electron chi connectivity index (χ0n) is 11.6. The zero-order valence-corrected chi connectivity index (χ0v) is 11.6. The summed E-state index contributed by atoms with van der Waals surface area (Å²) >= 11 is 0. The van der Waals surface area contributed by atoms with Gasteiger partial charge in [-0.05, 0) is 49.9 Å². The average Bonchev–Trinajstić information content (AvgIpc) is 2.86. The van der Waals surface area contributed by atoms with E-state index in [2.05, 4.69) is 11.4 Å². The Bertz CT molecular complexity index is 419. The van der Waals surface area contributed by atoms with Crippen LogP contribution in [0, 0.1) is 13.8 Å². The minimum absolute atomic E-state index is 0.0512. The Kier molecular flexibility index (Phi) is 4.80. The molecule has 1 saturated heterocycles. The SMILES string of the molecule is Cc1cc(C)cc(OCC(=O)NC[C@H]2CCCO2)c1. The fraction of sp³-hybridized carbons (Fsp3) is 0.533. The van der Waals surface area contributed by atoms with Gasteiger partial charge in [-0.25, -0.2) is 0 Å². The molecular formula is C15H21NO3. The molecule has 1 N–H and O–H groups in total. The number of amides is 1. The van der Waals surface area contributed by atoms with Crippen molar-refractivity contribution in [1.29, 1.82) is 0 Å². The first-order valence-corrected chi connectivity index (χ1v) is 6.73. The number of hydrogen-bond donors (Lipinski definition) is 1. The second kappa shape index (κ2) is 6.57. The molecule has 104 valence electrons. The maximum absolute atomic E-state index is 11.7. The topological polar surface area (TPSA) is 47.6 Å². The Morgan fingerprint density at radius 1 is 1.37 bits per heavy atom. The van der Waals surface area contributed by atoms with E-state index in [4.69, 9.17) is 9.47 Å². The predicted molar refractivity (Wildman–Crippen MR) is 73.4 cm³/mol. The van der Waals surface area contributed by atoms with E-state index in [1.807, 2.05) is 26.0 Å². The monoisotopic (exact) mass is 263 g/mol. The zero-order chi connectivity index (χ0) is 13.7. The predicted octanol–water partition coefficient (Wildman–Crippen LogP) is 1.98. The molecule has 4 nitrogen and oxygen atoms in total. The number of rotatable bonds is 5. The highest BCUT2D eigenvalue weighted by atomic mass is 16.5. The van der Waals surface area contributed by atoms with Gasteiger partial charge in [0.15, 0.2) is 6.61 Å². The van der Waals surface area contributed by atoms with E-state index in [0.29, 0.717) is 6.54 Å². The Hall–Kier alpha value is -1.55. The van der Waals surface area contributed by atoms with Crippen LogP contribution in [0.15, 0.2) is 18.2 Å². The van der Waals surface area contributed by atoms with Crippen LogP contribution in [-0.2, 0) is 9.53 Å². The first-order chi connectivity index (χ1) is 9.13. The van der Waals surface area contributed by atoms with Crippen molar-refractivity contribution in [2.45, 2.75) is 32.8 Å². The van der Waals surface area contributed by atoms with Crippen LogP contribution >= 0.6 is 0 Å². The van der Waals surface area contributed by atoms with Crippen LogP contribution in [0.4, 0.5) is 0 Å². The van der Waals surface area contributed by atoms with Crippen LogP contribution in [0.5, 0.6) is 5.75 Å². The Morgan fingerprint density at radius 2 is 2.11 bits per heavy atom. The molecule has 1 amide bonds. The minimum Gasteiger partial charge on any atom is -0.484 e. The fourth-order valence-corrected chi connectivity index (χ4v) is 2.25.